The molecule has 2 N–H and O–H groups in total. The van der Waals surface area contributed by atoms with Gasteiger partial charge in [-0.1, -0.05) is 6.07 Å². The smallest absolute Gasteiger partial charge is 0.132 e. The predicted octanol–water partition coefficient (Wildman–Crippen LogP) is 2.14. The summed E-state index contributed by atoms with van der Waals surface area (Å²) in [6, 6.07) is 4.05. The first-order valence-electron chi connectivity index (χ1n) is 5.15. The molecular weight excluding hydrogens is 209 g/mol. The molecule has 0 amide bonds. The average molecular weight is 223 g/mol. The Morgan fingerprint density at radius 1 is 1.50 bits per heavy atom. The summed E-state index contributed by atoms with van der Waals surface area (Å²) in [6.07, 6.45) is 2.70. The minimum atomic E-state index is -0.598. The van der Waals surface area contributed by atoms with E-state index in [1.807, 2.05) is 6.08 Å². The standard InChI is InChI=1S/C12H14FNO2/c1-15-9-5-2-4-8(13)11(9)12(14)10-6-3-7-16-10/h2,4-6,12H,3,7,14H2,1H3. The summed E-state index contributed by atoms with van der Waals surface area (Å²) in [6.45, 7) is 0.611. The van der Waals surface area contributed by atoms with E-state index in [1.165, 1.54) is 13.2 Å². The molecule has 1 aromatic carbocycles. The Morgan fingerprint density at radius 2 is 2.31 bits per heavy atom. The van der Waals surface area contributed by atoms with Gasteiger partial charge in [0.15, 0.2) is 0 Å². The van der Waals surface area contributed by atoms with Crippen LogP contribution in [0.5, 0.6) is 5.75 Å². The molecular formula is C12H14FNO2. The van der Waals surface area contributed by atoms with Crippen molar-refractivity contribution in [3.63, 3.8) is 0 Å². The number of hydrogen-bond donors (Lipinski definition) is 1. The van der Waals surface area contributed by atoms with E-state index in [4.69, 9.17) is 15.2 Å². The minimum Gasteiger partial charge on any atom is -0.496 e. The highest BCUT2D eigenvalue weighted by atomic mass is 19.1. The van der Waals surface area contributed by atoms with Gasteiger partial charge < -0.3 is 15.2 Å². The first kappa shape index (κ1) is 11.0. The van der Waals surface area contributed by atoms with Gasteiger partial charge in [0, 0.05) is 6.42 Å². The molecule has 0 radical (unpaired) electrons. The molecule has 0 fully saturated rings. The average Bonchev–Trinajstić information content (AvgIpc) is 2.81. The van der Waals surface area contributed by atoms with Crippen LogP contribution in [-0.4, -0.2) is 13.7 Å². The Labute approximate surface area is 93.7 Å². The van der Waals surface area contributed by atoms with E-state index in [1.54, 1.807) is 12.1 Å². The molecule has 0 aromatic heterocycles. The topological polar surface area (TPSA) is 44.5 Å². The largest absolute Gasteiger partial charge is 0.496 e. The fourth-order valence-electron chi connectivity index (χ4n) is 1.79. The van der Waals surface area contributed by atoms with Crippen molar-refractivity contribution in [3.05, 3.63) is 41.4 Å². The highest BCUT2D eigenvalue weighted by Gasteiger charge is 2.23. The number of benzene rings is 1. The molecule has 0 saturated carbocycles. The van der Waals surface area contributed by atoms with Crippen LogP contribution in [0.4, 0.5) is 4.39 Å². The predicted molar refractivity (Wildman–Crippen MR) is 58.5 cm³/mol. The molecule has 4 heteroatoms. The fraction of sp³-hybridized carbons (Fsp3) is 0.333. The van der Waals surface area contributed by atoms with E-state index < -0.39 is 6.04 Å². The van der Waals surface area contributed by atoms with Crippen molar-refractivity contribution in [1.29, 1.82) is 0 Å². The molecule has 16 heavy (non-hydrogen) atoms. The van der Waals surface area contributed by atoms with Gasteiger partial charge in [0.25, 0.3) is 0 Å². The van der Waals surface area contributed by atoms with Crippen LogP contribution in [0.1, 0.15) is 18.0 Å². The lowest BCUT2D eigenvalue weighted by atomic mass is 10.0. The molecule has 0 aliphatic carbocycles. The van der Waals surface area contributed by atoms with Crippen LogP contribution >= 0.6 is 0 Å². The maximum absolute atomic E-state index is 13.7. The molecule has 0 bridgehead atoms. The summed E-state index contributed by atoms with van der Waals surface area (Å²) in [5, 5.41) is 0. The van der Waals surface area contributed by atoms with Crippen LogP contribution in [0.3, 0.4) is 0 Å². The molecule has 1 aliphatic rings. The zero-order valence-electron chi connectivity index (χ0n) is 9.07. The molecule has 1 heterocycles. The third kappa shape index (κ3) is 1.88. The molecule has 0 spiro atoms. The van der Waals surface area contributed by atoms with Crippen molar-refractivity contribution in [2.75, 3.05) is 13.7 Å². The Morgan fingerprint density at radius 3 is 2.94 bits per heavy atom. The summed E-state index contributed by atoms with van der Waals surface area (Å²) in [5.41, 5.74) is 6.31. The van der Waals surface area contributed by atoms with Crippen LogP contribution in [0.2, 0.25) is 0 Å². The molecule has 2 rings (SSSR count). The third-order valence-electron chi connectivity index (χ3n) is 2.58. The number of ether oxygens (including phenoxy) is 2. The monoisotopic (exact) mass is 223 g/mol. The van der Waals surface area contributed by atoms with E-state index in [-0.39, 0.29) is 5.82 Å². The molecule has 1 unspecified atom stereocenters. The third-order valence-corrected chi connectivity index (χ3v) is 2.58. The van der Waals surface area contributed by atoms with Crippen molar-refractivity contribution >= 4 is 0 Å². The fourth-order valence-corrected chi connectivity index (χ4v) is 1.79. The SMILES string of the molecule is COc1cccc(F)c1C(N)C1=CCCO1. The lowest BCUT2D eigenvalue weighted by Gasteiger charge is -2.17. The van der Waals surface area contributed by atoms with Gasteiger partial charge >= 0.3 is 0 Å². The second-order valence-corrected chi connectivity index (χ2v) is 3.58. The zero-order chi connectivity index (χ0) is 11.5. The minimum absolute atomic E-state index is 0.346. The van der Waals surface area contributed by atoms with E-state index in [0.29, 0.717) is 23.7 Å². The van der Waals surface area contributed by atoms with Gasteiger partial charge in [0.2, 0.25) is 0 Å². The van der Waals surface area contributed by atoms with Gasteiger partial charge in [-0.3, -0.25) is 0 Å². The quantitative estimate of drug-likeness (QED) is 0.853. The molecule has 86 valence electrons. The summed E-state index contributed by atoms with van der Waals surface area (Å²) < 4.78 is 24.1. The van der Waals surface area contributed by atoms with Gasteiger partial charge in [-0.25, -0.2) is 4.39 Å². The van der Waals surface area contributed by atoms with Crippen LogP contribution in [0, 0.1) is 5.82 Å². The van der Waals surface area contributed by atoms with Gasteiger partial charge in [-0.05, 0) is 18.2 Å². The Bertz CT molecular complexity index is 417. The lowest BCUT2D eigenvalue weighted by Crippen LogP contribution is -2.16. The lowest BCUT2D eigenvalue weighted by molar-refractivity contribution is 0.223. The number of nitrogens with two attached hydrogens (primary N) is 1. The Kier molecular flexibility index (Phi) is 3.10. The van der Waals surface area contributed by atoms with Gasteiger partial charge in [0.1, 0.15) is 17.3 Å². The van der Waals surface area contributed by atoms with Crippen molar-refractivity contribution in [3.8, 4) is 5.75 Å². The second-order valence-electron chi connectivity index (χ2n) is 3.58. The van der Waals surface area contributed by atoms with Gasteiger partial charge in [-0.2, -0.15) is 0 Å². The molecule has 0 saturated heterocycles. The Hall–Kier alpha value is -1.55. The van der Waals surface area contributed by atoms with Crippen molar-refractivity contribution in [1.82, 2.24) is 0 Å². The van der Waals surface area contributed by atoms with E-state index in [2.05, 4.69) is 0 Å². The number of rotatable bonds is 3. The first-order valence-corrected chi connectivity index (χ1v) is 5.15. The summed E-state index contributed by atoms with van der Waals surface area (Å²) in [7, 11) is 1.49. The molecule has 1 atom stereocenters. The number of methoxy groups -OCH3 is 1. The van der Waals surface area contributed by atoms with E-state index >= 15 is 0 Å². The Balaban J connectivity index is 2.38. The van der Waals surface area contributed by atoms with Gasteiger partial charge in [0.05, 0.1) is 25.3 Å². The van der Waals surface area contributed by atoms with Crippen LogP contribution in [-0.2, 0) is 4.74 Å². The van der Waals surface area contributed by atoms with E-state index in [0.717, 1.165) is 6.42 Å². The number of halogens is 1. The number of hydrogen-bond acceptors (Lipinski definition) is 3. The highest BCUT2D eigenvalue weighted by Crippen LogP contribution is 2.32. The summed E-state index contributed by atoms with van der Waals surface area (Å²) >= 11 is 0. The zero-order valence-corrected chi connectivity index (χ0v) is 9.07. The van der Waals surface area contributed by atoms with Crippen molar-refractivity contribution < 1.29 is 13.9 Å². The molecule has 1 aromatic rings. The summed E-state index contributed by atoms with van der Waals surface area (Å²) in [5.74, 6) is 0.690. The summed E-state index contributed by atoms with van der Waals surface area (Å²) in [4.78, 5) is 0. The van der Waals surface area contributed by atoms with E-state index in [9.17, 15) is 4.39 Å². The van der Waals surface area contributed by atoms with Crippen molar-refractivity contribution in [2.45, 2.75) is 12.5 Å². The maximum Gasteiger partial charge on any atom is 0.132 e. The molecule has 3 nitrogen and oxygen atoms in total. The van der Waals surface area contributed by atoms with Crippen LogP contribution in [0.15, 0.2) is 30.0 Å². The highest BCUT2D eigenvalue weighted by molar-refractivity contribution is 5.40. The van der Waals surface area contributed by atoms with Crippen LogP contribution in [0.25, 0.3) is 0 Å². The van der Waals surface area contributed by atoms with Gasteiger partial charge in [-0.15, -0.1) is 0 Å². The first-order chi connectivity index (χ1) is 7.74. The van der Waals surface area contributed by atoms with Crippen LogP contribution < -0.4 is 10.5 Å². The van der Waals surface area contributed by atoms with Crippen molar-refractivity contribution in [2.24, 2.45) is 5.73 Å². The maximum atomic E-state index is 13.7. The molecule has 1 aliphatic heterocycles. The normalized spacial score (nSPS) is 16.6. The second kappa shape index (κ2) is 4.53.